The van der Waals surface area contributed by atoms with Gasteiger partial charge in [-0.15, -0.1) is 22.7 Å². The molecule has 0 aliphatic carbocycles. The number of nitrogens with zero attached hydrogens (tertiary/aromatic N) is 2. The number of aromatic nitrogens is 2. The van der Waals surface area contributed by atoms with E-state index in [4.69, 9.17) is 0 Å². The Morgan fingerprint density at radius 2 is 2.35 bits per heavy atom. The maximum absolute atomic E-state index is 12.9. The van der Waals surface area contributed by atoms with Crippen molar-refractivity contribution in [3.05, 3.63) is 39.6 Å². The van der Waals surface area contributed by atoms with Crippen molar-refractivity contribution < 1.29 is 4.79 Å². The summed E-state index contributed by atoms with van der Waals surface area (Å²) in [5.74, 6) is 0.319. The number of nitrogens with one attached hydrogen (secondary N) is 2. The minimum Gasteiger partial charge on any atom is -0.354 e. The highest BCUT2D eigenvalue weighted by molar-refractivity contribution is 7.18. The fraction of sp³-hybridized carbons (Fsp3) is 0.389. The van der Waals surface area contributed by atoms with E-state index in [1.807, 2.05) is 22.9 Å². The molecule has 1 unspecified atom stereocenters. The topological polar surface area (TPSA) is 76.0 Å². The van der Waals surface area contributed by atoms with E-state index in [0.717, 1.165) is 36.4 Å². The van der Waals surface area contributed by atoms with E-state index >= 15 is 0 Å². The Kier molecular flexibility index (Phi) is 5.14. The van der Waals surface area contributed by atoms with Crippen LogP contribution < -0.4 is 16.2 Å². The first-order chi connectivity index (χ1) is 12.7. The van der Waals surface area contributed by atoms with Gasteiger partial charge in [0, 0.05) is 22.4 Å². The van der Waals surface area contributed by atoms with Gasteiger partial charge in [0.2, 0.25) is 5.91 Å². The molecule has 1 fully saturated rings. The zero-order valence-electron chi connectivity index (χ0n) is 14.2. The van der Waals surface area contributed by atoms with Crippen LogP contribution in [-0.2, 0) is 11.3 Å². The van der Waals surface area contributed by atoms with E-state index in [1.165, 1.54) is 22.2 Å². The molecule has 1 aliphatic rings. The summed E-state index contributed by atoms with van der Waals surface area (Å²) in [5.41, 5.74) is 0.745. The van der Waals surface area contributed by atoms with Crippen LogP contribution in [0, 0.1) is 5.92 Å². The molecule has 1 aliphatic heterocycles. The lowest BCUT2D eigenvalue weighted by Crippen LogP contribution is -2.40. The lowest BCUT2D eigenvalue weighted by molar-refractivity contribution is -0.121. The number of carbonyl (C=O) groups is 1. The van der Waals surface area contributed by atoms with Crippen LogP contribution in [0.5, 0.6) is 0 Å². The molecule has 1 amide bonds. The summed E-state index contributed by atoms with van der Waals surface area (Å²) < 4.78 is 1.40. The second kappa shape index (κ2) is 7.69. The van der Waals surface area contributed by atoms with Gasteiger partial charge in [0.1, 0.15) is 11.4 Å². The van der Waals surface area contributed by atoms with Crippen LogP contribution in [0.4, 0.5) is 0 Å². The summed E-state index contributed by atoms with van der Waals surface area (Å²) in [7, 11) is 0. The number of carbonyl (C=O) groups excluding carboxylic acids is 1. The molecule has 26 heavy (non-hydrogen) atoms. The van der Waals surface area contributed by atoms with Crippen LogP contribution in [0.25, 0.3) is 20.7 Å². The van der Waals surface area contributed by atoms with Gasteiger partial charge in [-0.1, -0.05) is 6.07 Å². The molecule has 4 rings (SSSR count). The largest absolute Gasteiger partial charge is 0.354 e. The van der Waals surface area contributed by atoms with Crippen molar-refractivity contribution >= 4 is 38.8 Å². The average molecular weight is 389 g/mol. The van der Waals surface area contributed by atoms with Gasteiger partial charge >= 0.3 is 0 Å². The summed E-state index contributed by atoms with van der Waals surface area (Å²) in [5, 5.41) is 10.8. The van der Waals surface area contributed by atoms with Crippen molar-refractivity contribution in [3.8, 4) is 10.4 Å². The second-order valence-corrected chi connectivity index (χ2v) is 8.31. The Labute approximate surface area is 158 Å². The molecule has 3 aromatic heterocycles. The third kappa shape index (κ3) is 3.58. The number of thiophene rings is 2. The van der Waals surface area contributed by atoms with Crippen molar-refractivity contribution in [2.75, 3.05) is 19.6 Å². The number of amides is 1. The van der Waals surface area contributed by atoms with Crippen molar-refractivity contribution in [2.24, 2.45) is 5.92 Å². The molecule has 2 N–H and O–H groups in total. The zero-order chi connectivity index (χ0) is 17.9. The van der Waals surface area contributed by atoms with Gasteiger partial charge < -0.3 is 10.6 Å². The summed E-state index contributed by atoms with van der Waals surface area (Å²) in [6.45, 7) is 2.64. The third-order valence-corrected chi connectivity index (χ3v) is 6.44. The van der Waals surface area contributed by atoms with E-state index in [1.54, 1.807) is 11.3 Å². The molecular weight excluding hydrogens is 368 g/mol. The molecule has 0 saturated carbocycles. The van der Waals surface area contributed by atoms with Gasteiger partial charge in [-0.25, -0.2) is 4.98 Å². The summed E-state index contributed by atoms with van der Waals surface area (Å²) in [6, 6.07) is 3.96. The Morgan fingerprint density at radius 3 is 3.12 bits per heavy atom. The van der Waals surface area contributed by atoms with Crippen LogP contribution in [0.2, 0.25) is 0 Å². The summed E-state index contributed by atoms with van der Waals surface area (Å²) in [4.78, 5) is 31.3. The maximum atomic E-state index is 12.9. The van der Waals surface area contributed by atoms with Gasteiger partial charge in [-0.3, -0.25) is 14.2 Å². The molecule has 1 atom stereocenters. The van der Waals surface area contributed by atoms with Gasteiger partial charge in [-0.2, -0.15) is 0 Å². The zero-order valence-corrected chi connectivity index (χ0v) is 15.9. The molecular formula is C18H20N4O2S2. The first-order valence-corrected chi connectivity index (χ1v) is 10.5. The van der Waals surface area contributed by atoms with Crippen molar-refractivity contribution in [3.63, 3.8) is 0 Å². The fourth-order valence-corrected chi connectivity index (χ4v) is 4.98. The van der Waals surface area contributed by atoms with Gasteiger partial charge in [0.05, 0.1) is 11.7 Å². The molecule has 3 aromatic rings. The normalized spacial score (nSPS) is 17.5. The van der Waals surface area contributed by atoms with Crippen LogP contribution >= 0.6 is 22.7 Å². The van der Waals surface area contributed by atoms with Gasteiger partial charge in [0.25, 0.3) is 5.56 Å². The Morgan fingerprint density at radius 1 is 1.42 bits per heavy atom. The number of fused-ring (bicyclic) bond motifs is 1. The molecule has 0 bridgehead atoms. The lowest BCUT2D eigenvalue weighted by Gasteiger charge is -2.22. The van der Waals surface area contributed by atoms with E-state index in [2.05, 4.69) is 15.6 Å². The summed E-state index contributed by atoms with van der Waals surface area (Å²) in [6.07, 6.45) is 3.74. The van der Waals surface area contributed by atoms with E-state index in [-0.39, 0.29) is 18.0 Å². The SMILES string of the molecule is O=C(Cn1cnc2scc(-c3cccs3)c2c1=O)NCC1CCCNC1. The third-order valence-electron chi connectivity index (χ3n) is 4.65. The average Bonchev–Trinajstić information content (AvgIpc) is 3.32. The fourth-order valence-electron chi connectivity index (χ4n) is 3.26. The molecule has 6 nitrogen and oxygen atoms in total. The predicted molar refractivity (Wildman–Crippen MR) is 106 cm³/mol. The lowest BCUT2D eigenvalue weighted by atomic mass is 10.00. The standard InChI is InChI=1S/C18H20N4O2S2/c23-15(20-8-12-3-1-5-19-7-12)9-22-11-21-17-16(18(22)24)13(10-26-17)14-4-2-6-25-14/h2,4,6,10-12,19H,1,3,5,7-9H2,(H,20,23). The van der Waals surface area contributed by atoms with E-state index in [0.29, 0.717) is 22.7 Å². The molecule has 0 aromatic carbocycles. The van der Waals surface area contributed by atoms with E-state index < -0.39 is 0 Å². The number of piperidine rings is 1. The van der Waals surface area contributed by atoms with Crippen molar-refractivity contribution in [2.45, 2.75) is 19.4 Å². The molecule has 4 heterocycles. The molecule has 0 radical (unpaired) electrons. The van der Waals surface area contributed by atoms with Gasteiger partial charge in [-0.05, 0) is 43.3 Å². The first-order valence-electron chi connectivity index (χ1n) is 8.70. The highest BCUT2D eigenvalue weighted by Crippen LogP contribution is 2.33. The van der Waals surface area contributed by atoms with Crippen molar-refractivity contribution in [1.29, 1.82) is 0 Å². The first kappa shape index (κ1) is 17.4. The quantitative estimate of drug-likeness (QED) is 0.703. The monoisotopic (exact) mass is 388 g/mol. The number of rotatable bonds is 5. The smallest absolute Gasteiger partial charge is 0.263 e. The maximum Gasteiger partial charge on any atom is 0.263 e. The van der Waals surface area contributed by atoms with Crippen molar-refractivity contribution in [1.82, 2.24) is 20.2 Å². The number of hydrogen-bond donors (Lipinski definition) is 2. The van der Waals surface area contributed by atoms with Crippen LogP contribution in [-0.4, -0.2) is 35.1 Å². The molecule has 136 valence electrons. The Hall–Kier alpha value is -2.03. The Balaban J connectivity index is 1.51. The number of hydrogen-bond acceptors (Lipinski definition) is 6. The van der Waals surface area contributed by atoms with Crippen LogP contribution in [0.3, 0.4) is 0 Å². The molecule has 0 spiro atoms. The highest BCUT2D eigenvalue weighted by atomic mass is 32.1. The van der Waals surface area contributed by atoms with Crippen LogP contribution in [0.1, 0.15) is 12.8 Å². The molecule has 8 heteroatoms. The minimum absolute atomic E-state index is 0.00164. The second-order valence-electron chi connectivity index (χ2n) is 6.50. The minimum atomic E-state index is -0.158. The molecule has 1 saturated heterocycles. The highest BCUT2D eigenvalue weighted by Gasteiger charge is 2.17. The predicted octanol–water partition coefficient (Wildman–Crippen LogP) is 2.30. The Bertz CT molecular complexity index is 955. The van der Waals surface area contributed by atoms with Crippen LogP contribution in [0.15, 0.2) is 34.0 Å². The summed E-state index contributed by atoms with van der Waals surface area (Å²) >= 11 is 3.05. The van der Waals surface area contributed by atoms with Gasteiger partial charge in [0.15, 0.2) is 0 Å². The van der Waals surface area contributed by atoms with E-state index in [9.17, 15) is 9.59 Å².